The molecule has 0 saturated heterocycles. The van der Waals surface area contributed by atoms with Crippen molar-refractivity contribution in [2.24, 2.45) is 0 Å². The highest BCUT2D eigenvalue weighted by atomic mass is 19.1. The van der Waals surface area contributed by atoms with Crippen LogP contribution in [0.4, 0.5) is 4.39 Å². The fourth-order valence-electron chi connectivity index (χ4n) is 2.95. The van der Waals surface area contributed by atoms with Gasteiger partial charge in [0.1, 0.15) is 12.4 Å². The lowest BCUT2D eigenvalue weighted by atomic mass is 10.2. The molecule has 1 aromatic carbocycles. The number of rotatable bonds is 4. The average Bonchev–Trinajstić information content (AvgIpc) is 2.96. The van der Waals surface area contributed by atoms with Crippen molar-refractivity contribution < 1.29 is 9.13 Å². The summed E-state index contributed by atoms with van der Waals surface area (Å²) < 4.78 is 22.6. The topological polar surface area (TPSA) is 48.5 Å². The Bertz CT molecular complexity index is 1180. The number of pyridine rings is 2. The molecule has 0 N–H and O–H groups in total. The Hall–Kier alpha value is -3.41. The maximum absolute atomic E-state index is 13.1. The molecule has 27 heavy (non-hydrogen) atoms. The van der Waals surface area contributed by atoms with E-state index in [-0.39, 0.29) is 18.0 Å². The Labute approximate surface area is 155 Å². The molecule has 0 amide bonds. The highest BCUT2D eigenvalue weighted by Gasteiger charge is 2.13. The summed E-state index contributed by atoms with van der Waals surface area (Å²) in [5, 5.41) is 0. The molecule has 6 heteroatoms. The predicted octanol–water partition coefficient (Wildman–Crippen LogP) is 3.82. The Balaban J connectivity index is 1.80. The number of halogens is 1. The minimum atomic E-state index is -0.286. The molecule has 0 saturated carbocycles. The fraction of sp³-hybridized carbons (Fsp3) is 0.143. The lowest BCUT2D eigenvalue weighted by Crippen LogP contribution is -2.16. The summed E-state index contributed by atoms with van der Waals surface area (Å²) >= 11 is 0. The highest BCUT2D eigenvalue weighted by Crippen LogP contribution is 2.26. The summed E-state index contributed by atoms with van der Waals surface area (Å²) in [4.78, 5) is 16.8. The van der Waals surface area contributed by atoms with Crippen LogP contribution in [0.25, 0.3) is 11.3 Å². The van der Waals surface area contributed by atoms with Gasteiger partial charge in [-0.2, -0.15) is 0 Å². The van der Waals surface area contributed by atoms with Crippen LogP contribution in [0.15, 0.2) is 65.7 Å². The maximum Gasteiger partial charge on any atom is 0.255 e. The number of hydrogen-bond donors (Lipinski definition) is 0. The molecule has 0 aliphatic rings. The van der Waals surface area contributed by atoms with Crippen molar-refractivity contribution in [2.75, 3.05) is 0 Å². The summed E-state index contributed by atoms with van der Waals surface area (Å²) in [6.07, 6.45) is 3.59. The summed E-state index contributed by atoms with van der Waals surface area (Å²) in [7, 11) is 0. The minimum absolute atomic E-state index is 0.129. The van der Waals surface area contributed by atoms with E-state index in [1.54, 1.807) is 41.1 Å². The third-order valence-corrected chi connectivity index (χ3v) is 4.56. The second-order valence-electron chi connectivity index (χ2n) is 6.36. The van der Waals surface area contributed by atoms with Crippen LogP contribution in [0.3, 0.4) is 0 Å². The number of fused-ring (bicyclic) bond motifs is 1. The summed E-state index contributed by atoms with van der Waals surface area (Å²) in [5.41, 5.74) is 3.94. The molecule has 4 rings (SSSR count). The van der Waals surface area contributed by atoms with Crippen LogP contribution in [0.1, 0.15) is 17.0 Å². The van der Waals surface area contributed by atoms with Crippen molar-refractivity contribution in [1.29, 1.82) is 0 Å². The van der Waals surface area contributed by atoms with E-state index in [1.807, 2.05) is 24.4 Å². The van der Waals surface area contributed by atoms with Crippen LogP contribution in [-0.2, 0) is 6.61 Å². The van der Waals surface area contributed by atoms with Gasteiger partial charge < -0.3 is 4.74 Å². The van der Waals surface area contributed by atoms with Crippen molar-refractivity contribution in [3.63, 3.8) is 0 Å². The van der Waals surface area contributed by atoms with Gasteiger partial charge in [0.05, 0.1) is 11.4 Å². The van der Waals surface area contributed by atoms with Crippen molar-refractivity contribution >= 4 is 5.65 Å². The quantitative estimate of drug-likeness (QED) is 0.554. The van der Waals surface area contributed by atoms with E-state index in [9.17, 15) is 9.18 Å². The summed E-state index contributed by atoms with van der Waals surface area (Å²) in [6.45, 7) is 4.17. The number of aryl methyl sites for hydroxylation is 2. The van der Waals surface area contributed by atoms with Gasteiger partial charge in [-0.15, -0.1) is 0 Å². The zero-order chi connectivity index (χ0) is 19.0. The van der Waals surface area contributed by atoms with Gasteiger partial charge in [-0.25, -0.2) is 9.37 Å². The molecule has 4 aromatic rings. The van der Waals surface area contributed by atoms with Crippen molar-refractivity contribution in [1.82, 2.24) is 14.0 Å². The number of nitrogens with zero attached hydrogens (tertiary/aromatic N) is 3. The number of ether oxygens (including phenoxy) is 1. The van der Waals surface area contributed by atoms with Gasteiger partial charge in [-0.05, 0) is 37.6 Å². The first-order chi connectivity index (χ1) is 13.0. The fourth-order valence-corrected chi connectivity index (χ4v) is 2.95. The molecule has 0 spiro atoms. The van der Waals surface area contributed by atoms with Gasteiger partial charge in [0.15, 0.2) is 11.4 Å². The standard InChI is InChI=1S/C21H18FN3O2/c1-14-15(2)25-12-18(24-10-4-3-5-20(24)26)11-19(21(25)23-14)27-13-16-6-8-17(22)9-7-16/h3-12H,13H2,1-2H3. The lowest BCUT2D eigenvalue weighted by Gasteiger charge is -2.12. The van der Waals surface area contributed by atoms with Crippen molar-refractivity contribution in [3.05, 3.63) is 94.0 Å². The molecule has 0 unspecified atom stereocenters. The number of hydrogen-bond acceptors (Lipinski definition) is 3. The van der Waals surface area contributed by atoms with Crippen LogP contribution < -0.4 is 10.3 Å². The third kappa shape index (κ3) is 3.21. The molecule has 0 bridgehead atoms. The third-order valence-electron chi connectivity index (χ3n) is 4.56. The van der Waals surface area contributed by atoms with Gasteiger partial charge >= 0.3 is 0 Å². The van der Waals surface area contributed by atoms with Gasteiger partial charge in [0.2, 0.25) is 0 Å². The smallest absolute Gasteiger partial charge is 0.255 e. The van der Waals surface area contributed by atoms with Crippen molar-refractivity contribution in [2.45, 2.75) is 20.5 Å². The maximum atomic E-state index is 13.1. The van der Waals surface area contributed by atoms with E-state index in [0.717, 1.165) is 17.0 Å². The molecule has 5 nitrogen and oxygen atoms in total. The van der Waals surface area contributed by atoms with Gasteiger partial charge in [-0.1, -0.05) is 18.2 Å². The summed E-state index contributed by atoms with van der Waals surface area (Å²) in [5.74, 6) is 0.273. The molecule has 0 atom stereocenters. The number of benzene rings is 1. The van der Waals surface area contributed by atoms with Gasteiger partial charge in [0.25, 0.3) is 5.56 Å². The van der Waals surface area contributed by atoms with E-state index in [1.165, 1.54) is 18.2 Å². The van der Waals surface area contributed by atoms with Crippen LogP contribution in [-0.4, -0.2) is 14.0 Å². The molecule has 0 radical (unpaired) electrons. The Morgan fingerprint density at radius 1 is 1.11 bits per heavy atom. The van der Waals surface area contributed by atoms with Gasteiger partial charge in [0, 0.05) is 30.2 Å². The summed E-state index contributed by atoms with van der Waals surface area (Å²) in [6, 6.07) is 13.0. The Kier molecular flexibility index (Phi) is 4.24. The Morgan fingerprint density at radius 2 is 1.89 bits per heavy atom. The van der Waals surface area contributed by atoms with E-state index in [2.05, 4.69) is 4.98 Å². The monoisotopic (exact) mass is 363 g/mol. The van der Waals surface area contributed by atoms with Crippen LogP contribution >= 0.6 is 0 Å². The van der Waals surface area contributed by atoms with Gasteiger partial charge in [-0.3, -0.25) is 13.8 Å². The molecule has 3 heterocycles. The van der Waals surface area contributed by atoms with E-state index in [0.29, 0.717) is 17.1 Å². The second kappa shape index (κ2) is 6.72. The molecular formula is C21H18FN3O2. The molecule has 3 aromatic heterocycles. The zero-order valence-electron chi connectivity index (χ0n) is 15.0. The number of aromatic nitrogens is 3. The second-order valence-corrected chi connectivity index (χ2v) is 6.36. The van der Waals surface area contributed by atoms with E-state index >= 15 is 0 Å². The van der Waals surface area contributed by atoms with E-state index < -0.39 is 0 Å². The lowest BCUT2D eigenvalue weighted by molar-refractivity contribution is 0.308. The van der Waals surface area contributed by atoms with Crippen LogP contribution in [0, 0.1) is 19.7 Å². The molecule has 0 aliphatic carbocycles. The first-order valence-corrected chi connectivity index (χ1v) is 8.57. The number of imidazole rings is 1. The first kappa shape index (κ1) is 17.0. The Morgan fingerprint density at radius 3 is 2.63 bits per heavy atom. The predicted molar refractivity (Wildman–Crippen MR) is 101 cm³/mol. The molecule has 136 valence electrons. The largest absolute Gasteiger partial charge is 0.485 e. The average molecular weight is 363 g/mol. The minimum Gasteiger partial charge on any atom is -0.485 e. The zero-order valence-corrected chi connectivity index (χ0v) is 15.0. The van der Waals surface area contributed by atoms with Crippen molar-refractivity contribution in [3.8, 4) is 11.4 Å². The highest BCUT2D eigenvalue weighted by molar-refractivity contribution is 5.60. The first-order valence-electron chi connectivity index (χ1n) is 8.57. The normalized spacial score (nSPS) is 11.1. The molecule has 0 fully saturated rings. The van der Waals surface area contributed by atoms with Crippen LogP contribution in [0.5, 0.6) is 5.75 Å². The SMILES string of the molecule is Cc1nc2c(OCc3ccc(F)cc3)cc(-n3ccccc3=O)cn2c1C. The molecule has 0 aliphatic heterocycles. The van der Waals surface area contributed by atoms with Crippen LogP contribution in [0.2, 0.25) is 0 Å². The molecular weight excluding hydrogens is 345 g/mol. The van der Waals surface area contributed by atoms with E-state index in [4.69, 9.17) is 4.74 Å².